The van der Waals surface area contributed by atoms with Gasteiger partial charge in [0.05, 0.1) is 18.0 Å². The zero-order valence-electron chi connectivity index (χ0n) is 17.5. The Morgan fingerprint density at radius 3 is 2.53 bits per heavy atom. The quantitative estimate of drug-likeness (QED) is 0.400. The van der Waals surface area contributed by atoms with E-state index in [-0.39, 0.29) is 11.2 Å². The monoisotopic (exact) mass is 442 g/mol. The molecular formula is C22H26N4O2S2. The number of rotatable bonds is 9. The molecule has 2 aromatic carbocycles. The third-order valence-electron chi connectivity index (χ3n) is 4.76. The lowest BCUT2D eigenvalue weighted by Crippen LogP contribution is -2.23. The highest BCUT2D eigenvalue weighted by Gasteiger charge is 2.19. The van der Waals surface area contributed by atoms with Crippen LogP contribution in [0.5, 0.6) is 5.75 Å². The predicted octanol–water partition coefficient (Wildman–Crippen LogP) is 5.92. The molecule has 1 aromatic heterocycles. The summed E-state index contributed by atoms with van der Waals surface area (Å²) in [6.45, 7) is 6.19. The third-order valence-corrected chi connectivity index (χ3v) is 6.79. The molecule has 1 heterocycles. The topological polar surface area (TPSA) is 76.1 Å². The molecule has 3 aromatic rings. The van der Waals surface area contributed by atoms with Gasteiger partial charge in [-0.1, -0.05) is 67.3 Å². The van der Waals surface area contributed by atoms with Gasteiger partial charge in [0.1, 0.15) is 5.75 Å². The van der Waals surface area contributed by atoms with Crippen LogP contribution < -0.4 is 15.4 Å². The van der Waals surface area contributed by atoms with Gasteiger partial charge < -0.3 is 15.4 Å². The van der Waals surface area contributed by atoms with Crippen molar-refractivity contribution in [3.8, 4) is 5.75 Å². The van der Waals surface area contributed by atoms with Crippen molar-refractivity contribution in [3.05, 3.63) is 54.1 Å². The first-order valence-corrected chi connectivity index (χ1v) is 11.5. The van der Waals surface area contributed by atoms with Gasteiger partial charge in [-0.3, -0.25) is 4.79 Å². The summed E-state index contributed by atoms with van der Waals surface area (Å²) in [5.74, 6) is 1.07. The minimum atomic E-state index is -0.304. The van der Waals surface area contributed by atoms with Crippen molar-refractivity contribution in [1.82, 2.24) is 10.2 Å². The average molecular weight is 443 g/mol. The van der Waals surface area contributed by atoms with E-state index in [4.69, 9.17) is 4.74 Å². The van der Waals surface area contributed by atoms with E-state index < -0.39 is 0 Å². The summed E-state index contributed by atoms with van der Waals surface area (Å²) in [6.07, 6.45) is 1.02. The number of benzene rings is 2. The Bertz CT molecular complexity index is 993. The van der Waals surface area contributed by atoms with Gasteiger partial charge >= 0.3 is 0 Å². The summed E-state index contributed by atoms with van der Waals surface area (Å²) >= 11 is 2.80. The average Bonchev–Trinajstić information content (AvgIpc) is 3.20. The van der Waals surface area contributed by atoms with Crippen LogP contribution in [0.15, 0.2) is 52.9 Å². The zero-order valence-corrected chi connectivity index (χ0v) is 19.1. The van der Waals surface area contributed by atoms with E-state index in [2.05, 4.69) is 40.7 Å². The molecule has 0 aliphatic heterocycles. The standard InChI is InChI=1S/C22H26N4O2S2/c1-5-14(2)16-10-6-7-11-17(16)23-20(27)15(3)29-22-26-25-21(30-22)24-18-12-8-9-13-19(18)28-4/h6-15H,5H2,1-4H3,(H,23,27)(H,24,25)/t14-,15-/m0/s1. The summed E-state index contributed by atoms with van der Waals surface area (Å²) in [5, 5.41) is 15.0. The first-order valence-electron chi connectivity index (χ1n) is 9.81. The van der Waals surface area contributed by atoms with Crippen LogP contribution in [0.2, 0.25) is 0 Å². The van der Waals surface area contributed by atoms with Crippen molar-refractivity contribution in [3.63, 3.8) is 0 Å². The van der Waals surface area contributed by atoms with Gasteiger partial charge in [0.15, 0.2) is 4.34 Å². The molecule has 2 N–H and O–H groups in total. The first-order chi connectivity index (χ1) is 14.5. The number of carbonyl (C=O) groups is 1. The molecular weight excluding hydrogens is 416 g/mol. The van der Waals surface area contributed by atoms with Crippen LogP contribution in [-0.4, -0.2) is 28.5 Å². The predicted molar refractivity (Wildman–Crippen MR) is 125 cm³/mol. The SMILES string of the molecule is CC[C@H](C)c1ccccc1NC(=O)[C@H](C)Sc1nnc(Nc2ccccc2OC)s1. The maximum absolute atomic E-state index is 12.8. The van der Waals surface area contributed by atoms with Crippen molar-refractivity contribution >= 4 is 45.5 Å². The van der Waals surface area contributed by atoms with E-state index in [9.17, 15) is 4.79 Å². The minimum absolute atomic E-state index is 0.0507. The minimum Gasteiger partial charge on any atom is -0.495 e. The van der Waals surface area contributed by atoms with Crippen LogP contribution in [-0.2, 0) is 4.79 Å². The number of hydrogen-bond donors (Lipinski definition) is 2. The molecule has 8 heteroatoms. The number of nitrogens with one attached hydrogen (secondary N) is 2. The Morgan fingerprint density at radius 1 is 1.10 bits per heavy atom. The maximum atomic E-state index is 12.8. The van der Waals surface area contributed by atoms with Crippen LogP contribution in [0.4, 0.5) is 16.5 Å². The van der Waals surface area contributed by atoms with Crippen LogP contribution in [0.25, 0.3) is 0 Å². The van der Waals surface area contributed by atoms with Crippen molar-refractivity contribution in [1.29, 1.82) is 0 Å². The molecule has 1 amide bonds. The van der Waals surface area contributed by atoms with E-state index in [0.29, 0.717) is 11.0 Å². The van der Waals surface area contributed by atoms with Crippen molar-refractivity contribution < 1.29 is 9.53 Å². The summed E-state index contributed by atoms with van der Waals surface area (Å²) in [6, 6.07) is 15.6. The lowest BCUT2D eigenvalue weighted by molar-refractivity contribution is -0.115. The van der Waals surface area contributed by atoms with Crippen LogP contribution in [0.1, 0.15) is 38.7 Å². The molecule has 0 saturated carbocycles. The van der Waals surface area contributed by atoms with E-state index in [1.165, 1.54) is 23.1 Å². The van der Waals surface area contributed by atoms with Crippen LogP contribution in [0.3, 0.4) is 0 Å². The maximum Gasteiger partial charge on any atom is 0.237 e. The molecule has 6 nitrogen and oxygen atoms in total. The molecule has 158 valence electrons. The molecule has 0 spiro atoms. The molecule has 30 heavy (non-hydrogen) atoms. The second kappa shape index (κ2) is 10.4. The van der Waals surface area contributed by atoms with Crippen molar-refractivity contribution in [2.45, 2.75) is 42.7 Å². The zero-order chi connectivity index (χ0) is 21.5. The normalized spacial score (nSPS) is 12.8. The molecule has 0 aliphatic rings. The van der Waals surface area contributed by atoms with Gasteiger partial charge in [-0.15, -0.1) is 10.2 Å². The highest BCUT2D eigenvalue weighted by atomic mass is 32.2. The molecule has 0 saturated heterocycles. The number of ether oxygens (including phenoxy) is 1. The Kier molecular flexibility index (Phi) is 7.70. The number of aromatic nitrogens is 2. The van der Waals surface area contributed by atoms with Gasteiger partial charge in [-0.05, 0) is 43.0 Å². The number of amides is 1. The number of para-hydroxylation sites is 3. The lowest BCUT2D eigenvalue weighted by atomic mass is 9.97. The number of nitrogens with zero attached hydrogens (tertiary/aromatic N) is 2. The van der Waals surface area contributed by atoms with E-state index >= 15 is 0 Å². The Balaban J connectivity index is 1.63. The molecule has 0 bridgehead atoms. The van der Waals surface area contributed by atoms with E-state index in [0.717, 1.165) is 33.4 Å². The van der Waals surface area contributed by atoms with Gasteiger partial charge in [0.25, 0.3) is 0 Å². The fourth-order valence-corrected chi connectivity index (χ4v) is 4.78. The molecule has 0 radical (unpaired) electrons. The highest BCUT2D eigenvalue weighted by Crippen LogP contribution is 2.33. The lowest BCUT2D eigenvalue weighted by Gasteiger charge is -2.17. The van der Waals surface area contributed by atoms with Crippen molar-refractivity contribution in [2.75, 3.05) is 17.7 Å². The van der Waals surface area contributed by atoms with Gasteiger partial charge in [-0.25, -0.2) is 0 Å². The second-order valence-electron chi connectivity index (χ2n) is 6.84. The smallest absolute Gasteiger partial charge is 0.237 e. The number of methoxy groups -OCH3 is 1. The third kappa shape index (κ3) is 5.52. The highest BCUT2D eigenvalue weighted by molar-refractivity contribution is 8.02. The summed E-state index contributed by atoms with van der Waals surface area (Å²) < 4.78 is 6.07. The summed E-state index contributed by atoms with van der Waals surface area (Å²) in [5.41, 5.74) is 2.85. The molecule has 0 fully saturated rings. The van der Waals surface area contributed by atoms with E-state index in [1.807, 2.05) is 49.4 Å². The molecule has 0 aliphatic carbocycles. The fraction of sp³-hybridized carbons (Fsp3) is 0.318. The number of anilines is 3. The number of hydrogen-bond acceptors (Lipinski definition) is 7. The summed E-state index contributed by atoms with van der Waals surface area (Å²) in [4.78, 5) is 12.8. The van der Waals surface area contributed by atoms with Gasteiger partial charge in [0.2, 0.25) is 11.0 Å². The summed E-state index contributed by atoms with van der Waals surface area (Å²) in [7, 11) is 1.63. The van der Waals surface area contributed by atoms with Crippen LogP contribution >= 0.6 is 23.1 Å². The van der Waals surface area contributed by atoms with E-state index in [1.54, 1.807) is 7.11 Å². The molecule has 0 unspecified atom stereocenters. The largest absolute Gasteiger partial charge is 0.495 e. The van der Waals surface area contributed by atoms with Crippen molar-refractivity contribution in [2.24, 2.45) is 0 Å². The Labute approximate surface area is 185 Å². The number of carbonyl (C=O) groups excluding carboxylic acids is 1. The second-order valence-corrected chi connectivity index (χ2v) is 9.41. The van der Waals surface area contributed by atoms with Gasteiger partial charge in [-0.2, -0.15) is 0 Å². The number of thioether (sulfide) groups is 1. The van der Waals surface area contributed by atoms with Gasteiger partial charge in [0, 0.05) is 5.69 Å². The Hall–Kier alpha value is -2.58. The molecule has 3 rings (SSSR count). The first kappa shape index (κ1) is 22.1. The fourth-order valence-electron chi connectivity index (χ4n) is 2.87. The molecule has 2 atom stereocenters. The Morgan fingerprint density at radius 2 is 1.80 bits per heavy atom. The van der Waals surface area contributed by atoms with Crippen LogP contribution in [0, 0.1) is 0 Å².